The lowest BCUT2D eigenvalue weighted by Crippen LogP contribution is -2.29. The molecule has 1 fully saturated rings. The Balaban J connectivity index is 1.78. The molecule has 1 heterocycles. The van der Waals surface area contributed by atoms with Gasteiger partial charge in [0.05, 0.1) is 0 Å². The van der Waals surface area contributed by atoms with Gasteiger partial charge in [0.2, 0.25) is 5.91 Å². The van der Waals surface area contributed by atoms with Gasteiger partial charge in [-0.15, -0.1) is 0 Å². The molecule has 0 aromatic heterocycles. The fourth-order valence-corrected chi connectivity index (χ4v) is 2.17. The van der Waals surface area contributed by atoms with Gasteiger partial charge in [-0.2, -0.15) is 0 Å². The Morgan fingerprint density at radius 1 is 1.37 bits per heavy atom. The number of hydrogen-bond acceptors (Lipinski definition) is 4. The molecule has 1 unspecified atom stereocenters. The van der Waals surface area contributed by atoms with Crippen LogP contribution < -0.4 is 16.0 Å². The molecule has 1 aromatic carbocycles. The number of methoxy groups -OCH3 is 1. The molecular weight excluding hydrogens is 242 g/mol. The van der Waals surface area contributed by atoms with Crippen molar-refractivity contribution < 1.29 is 9.53 Å². The summed E-state index contributed by atoms with van der Waals surface area (Å²) < 4.78 is 4.76. The summed E-state index contributed by atoms with van der Waals surface area (Å²) in [5.41, 5.74) is 1.85. The molecule has 1 aliphatic rings. The first-order valence-electron chi connectivity index (χ1n) is 6.64. The molecule has 0 saturated carbocycles. The first-order valence-corrected chi connectivity index (χ1v) is 6.64. The second kappa shape index (κ2) is 7.11. The van der Waals surface area contributed by atoms with Gasteiger partial charge in [0.15, 0.2) is 0 Å². The zero-order valence-corrected chi connectivity index (χ0v) is 11.2. The maximum absolute atomic E-state index is 11.3. The van der Waals surface area contributed by atoms with Crippen LogP contribution in [0.4, 0.5) is 11.4 Å². The lowest BCUT2D eigenvalue weighted by atomic mass is 10.2. The fourth-order valence-electron chi connectivity index (χ4n) is 2.17. The minimum atomic E-state index is -0.140. The summed E-state index contributed by atoms with van der Waals surface area (Å²) in [5.74, 6) is -0.140. The minimum absolute atomic E-state index is 0.0767. The molecule has 5 heteroatoms. The highest BCUT2D eigenvalue weighted by atomic mass is 16.5. The standard InChI is InChI=1S/C14H21N3O2/c1-19-10-14(18)17-12-6-4-11(5-7-12)16-9-13-3-2-8-15-13/h4-7,13,15-16H,2-3,8-10H2,1H3,(H,17,18). The van der Waals surface area contributed by atoms with Gasteiger partial charge in [-0.1, -0.05) is 0 Å². The van der Waals surface area contributed by atoms with Crippen LogP contribution in [0.3, 0.4) is 0 Å². The van der Waals surface area contributed by atoms with Gasteiger partial charge in [0, 0.05) is 31.1 Å². The van der Waals surface area contributed by atoms with E-state index < -0.39 is 0 Å². The van der Waals surface area contributed by atoms with Gasteiger partial charge in [0.1, 0.15) is 6.61 Å². The number of carbonyl (C=O) groups excluding carboxylic acids is 1. The molecular formula is C14H21N3O2. The number of carbonyl (C=O) groups is 1. The van der Waals surface area contributed by atoms with Crippen LogP contribution in [0.1, 0.15) is 12.8 Å². The highest BCUT2D eigenvalue weighted by molar-refractivity contribution is 5.91. The van der Waals surface area contributed by atoms with Gasteiger partial charge in [0.25, 0.3) is 0 Å². The lowest BCUT2D eigenvalue weighted by molar-refractivity contribution is -0.119. The molecule has 2 rings (SSSR count). The molecule has 1 aromatic rings. The van der Waals surface area contributed by atoms with Crippen molar-refractivity contribution in [1.82, 2.24) is 5.32 Å². The second-order valence-corrected chi connectivity index (χ2v) is 4.73. The van der Waals surface area contributed by atoms with Crippen molar-refractivity contribution >= 4 is 17.3 Å². The van der Waals surface area contributed by atoms with E-state index in [2.05, 4.69) is 16.0 Å². The van der Waals surface area contributed by atoms with Crippen molar-refractivity contribution in [2.75, 3.05) is 37.4 Å². The Hall–Kier alpha value is -1.59. The highest BCUT2D eigenvalue weighted by Crippen LogP contribution is 2.14. The summed E-state index contributed by atoms with van der Waals surface area (Å²) in [7, 11) is 1.50. The van der Waals surface area contributed by atoms with Gasteiger partial charge in [-0.05, 0) is 43.7 Å². The summed E-state index contributed by atoms with van der Waals surface area (Å²) in [6, 6.07) is 8.28. The predicted molar refractivity (Wildman–Crippen MR) is 76.5 cm³/mol. The Morgan fingerprint density at radius 3 is 2.74 bits per heavy atom. The lowest BCUT2D eigenvalue weighted by Gasteiger charge is -2.13. The largest absolute Gasteiger partial charge is 0.383 e. The monoisotopic (exact) mass is 263 g/mol. The average Bonchev–Trinajstić information content (AvgIpc) is 2.91. The number of ether oxygens (including phenoxy) is 1. The van der Waals surface area contributed by atoms with E-state index in [1.165, 1.54) is 20.0 Å². The number of benzene rings is 1. The van der Waals surface area contributed by atoms with Crippen LogP contribution in [0, 0.1) is 0 Å². The maximum atomic E-state index is 11.3. The summed E-state index contributed by atoms with van der Waals surface area (Å²) in [5, 5.41) is 9.60. The molecule has 1 saturated heterocycles. The van der Waals surface area contributed by atoms with E-state index in [9.17, 15) is 4.79 Å². The molecule has 1 aliphatic heterocycles. The van der Waals surface area contributed by atoms with E-state index in [4.69, 9.17) is 4.74 Å². The number of rotatable bonds is 6. The molecule has 1 amide bonds. The number of hydrogen-bond donors (Lipinski definition) is 3. The molecule has 0 bridgehead atoms. The SMILES string of the molecule is COCC(=O)Nc1ccc(NCC2CCCN2)cc1. The van der Waals surface area contributed by atoms with Gasteiger partial charge in [-0.3, -0.25) is 4.79 Å². The Bertz CT molecular complexity index is 400. The summed E-state index contributed by atoms with van der Waals surface area (Å²) in [6.07, 6.45) is 2.50. The average molecular weight is 263 g/mol. The van der Waals surface area contributed by atoms with Crippen LogP contribution in [-0.4, -0.2) is 38.8 Å². The van der Waals surface area contributed by atoms with Crippen molar-refractivity contribution in [3.63, 3.8) is 0 Å². The van der Waals surface area contributed by atoms with Crippen LogP contribution in [-0.2, 0) is 9.53 Å². The molecule has 3 N–H and O–H groups in total. The van der Waals surface area contributed by atoms with Crippen molar-refractivity contribution in [1.29, 1.82) is 0 Å². The van der Waals surface area contributed by atoms with Gasteiger partial charge in [-0.25, -0.2) is 0 Å². The minimum Gasteiger partial charge on any atom is -0.383 e. The van der Waals surface area contributed by atoms with Crippen molar-refractivity contribution in [2.24, 2.45) is 0 Å². The third-order valence-corrected chi connectivity index (χ3v) is 3.16. The molecule has 104 valence electrons. The number of anilines is 2. The number of amides is 1. The molecule has 5 nitrogen and oxygen atoms in total. The third-order valence-electron chi connectivity index (χ3n) is 3.16. The fraction of sp³-hybridized carbons (Fsp3) is 0.500. The van der Waals surface area contributed by atoms with E-state index in [0.29, 0.717) is 6.04 Å². The van der Waals surface area contributed by atoms with Crippen LogP contribution in [0.5, 0.6) is 0 Å². The zero-order chi connectivity index (χ0) is 13.5. The Labute approximate surface area is 113 Å². The van der Waals surface area contributed by atoms with E-state index >= 15 is 0 Å². The van der Waals surface area contributed by atoms with Crippen molar-refractivity contribution in [3.8, 4) is 0 Å². The zero-order valence-electron chi connectivity index (χ0n) is 11.2. The van der Waals surface area contributed by atoms with E-state index in [1.807, 2.05) is 24.3 Å². The van der Waals surface area contributed by atoms with Crippen molar-refractivity contribution in [3.05, 3.63) is 24.3 Å². The molecule has 0 spiro atoms. The van der Waals surface area contributed by atoms with Crippen molar-refractivity contribution in [2.45, 2.75) is 18.9 Å². The number of nitrogens with one attached hydrogen (secondary N) is 3. The van der Waals surface area contributed by atoms with Gasteiger partial charge >= 0.3 is 0 Å². The smallest absolute Gasteiger partial charge is 0.250 e. The molecule has 19 heavy (non-hydrogen) atoms. The highest BCUT2D eigenvalue weighted by Gasteiger charge is 2.12. The normalized spacial score (nSPS) is 18.3. The topological polar surface area (TPSA) is 62.4 Å². The molecule has 0 radical (unpaired) electrons. The Morgan fingerprint density at radius 2 is 2.11 bits per heavy atom. The Kier molecular flexibility index (Phi) is 5.18. The van der Waals surface area contributed by atoms with E-state index in [1.54, 1.807) is 0 Å². The summed E-state index contributed by atoms with van der Waals surface area (Å²) in [6.45, 7) is 2.14. The maximum Gasteiger partial charge on any atom is 0.250 e. The quantitative estimate of drug-likeness (QED) is 0.726. The van der Waals surface area contributed by atoms with E-state index in [-0.39, 0.29) is 12.5 Å². The molecule has 0 aliphatic carbocycles. The summed E-state index contributed by atoms with van der Waals surface area (Å²) >= 11 is 0. The summed E-state index contributed by atoms with van der Waals surface area (Å²) in [4.78, 5) is 11.3. The van der Waals surface area contributed by atoms with Gasteiger partial charge < -0.3 is 20.7 Å². The third kappa shape index (κ3) is 4.54. The van der Waals surface area contributed by atoms with Crippen LogP contribution >= 0.6 is 0 Å². The van der Waals surface area contributed by atoms with Crippen LogP contribution in [0.2, 0.25) is 0 Å². The van der Waals surface area contributed by atoms with Crippen LogP contribution in [0.25, 0.3) is 0 Å². The first kappa shape index (κ1) is 13.8. The van der Waals surface area contributed by atoms with E-state index in [0.717, 1.165) is 24.5 Å². The molecule has 1 atom stereocenters. The predicted octanol–water partition coefficient (Wildman–Crippen LogP) is 1.44. The van der Waals surface area contributed by atoms with Crippen LogP contribution in [0.15, 0.2) is 24.3 Å². The second-order valence-electron chi connectivity index (χ2n) is 4.73. The first-order chi connectivity index (χ1) is 9.28.